The van der Waals surface area contributed by atoms with Gasteiger partial charge in [-0.15, -0.1) is 0 Å². The fourth-order valence-electron chi connectivity index (χ4n) is 2.52. The lowest BCUT2D eigenvalue weighted by Crippen LogP contribution is -2.22. The molecule has 0 aromatic carbocycles. The highest BCUT2D eigenvalue weighted by molar-refractivity contribution is 5.85. The van der Waals surface area contributed by atoms with Gasteiger partial charge in [-0.25, -0.2) is 4.98 Å². The van der Waals surface area contributed by atoms with Crippen molar-refractivity contribution in [2.24, 2.45) is 0 Å². The molecule has 0 radical (unpaired) electrons. The van der Waals surface area contributed by atoms with Crippen LogP contribution in [0.25, 0.3) is 5.52 Å². The molecule has 1 saturated heterocycles. The SMILES string of the molecule is O=Cc1cccn2c(CC3CCCCO3)ncc12. The van der Waals surface area contributed by atoms with Crippen LogP contribution in [0.4, 0.5) is 0 Å². The van der Waals surface area contributed by atoms with Crippen molar-refractivity contribution < 1.29 is 9.53 Å². The molecule has 0 N–H and O–H groups in total. The van der Waals surface area contributed by atoms with Gasteiger partial charge in [0.2, 0.25) is 0 Å². The Hall–Kier alpha value is -1.68. The van der Waals surface area contributed by atoms with Gasteiger partial charge in [-0.05, 0) is 31.4 Å². The molecule has 1 atom stereocenters. The molecule has 1 unspecified atom stereocenters. The quantitative estimate of drug-likeness (QED) is 0.778. The van der Waals surface area contributed by atoms with E-state index < -0.39 is 0 Å². The van der Waals surface area contributed by atoms with Crippen molar-refractivity contribution in [1.29, 1.82) is 0 Å². The van der Waals surface area contributed by atoms with Gasteiger partial charge in [-0.3, -0.25) is 4.79 Å². The number of pyridine rings is 1. The van der Waals surface area contributed by atoms with Crippen LogP contribution in [0.5, 0.6) is 0 Å². The Morgan fingerprint density at radius 3 is 3.22 bits per heavy atom. The summed E-state index contributed by atoms with van der Waals surface area (Å²) in [6.07, 6.45) is 9.16. The maximum Gasteiger partial charge on any atom is 0.152 e. The van der Waals surface area contributed by atoms with Crippen LogP contribution in [0.2, 0.25) is 0 Å². The van der Waals surface area contributed by atoms with Crippen molar-refractivity contribution in [3.8, 4) is 0 Å². The molecule has 4 heteroatoms. The highest BCUT2D eigenvalue weighted by Crippen LogP contribution is 2.18. The molecule has 3 rings (SSSR count). The topological polar surface area (TPSA) is 43.6 Å². The van der Waals surface area contributed by atoms with Gasteiger partial charge in [0.1, 0.15) is 5.82 Å². The lowest BCUT2D eigenvalue weighted by atomic mass is 10.1. The summed E-state index contributed by atoms with van der Waals surface area (Å²) in [6.45, 7) is 0.855. The maximum atomic E-state index is 11.0. The minimum Gasteiger partial charge on any atom is -0.378 e. The summed E-state index contributed by atoms with van der Waals surface area (Å²) in [7, 11) is 0. The Morgan fingerprint density at radius 2 is 2.44 bits per heavy atom. The molecule has 0 spiro atoms. The second-order valence-corrected chi connectivity index (χ2v) is 4.70. The predicted molar refractivity (Wildman–Crippen MR) is 67.9 cm³/mol. The van der Waals surface area contributed by atoms with E-state index in [2.05, 4.69) is 4.98 Å². The van der Waals surface area contributed by atoms with Crippen molar-refractivity contribution in [2.45, 2.75) is 31.8 Å². The third-order valence-corrected chi connectivity index (χ3v) is 3.49. The second kappa shape index (κ2) is 4.90. The van der Waals surface area contributed by atoms with E-state index in [-0.39, 0.29) is 6.10 Å². The third kappa shape index (κ3) is 2.04. The Labute approximate surface area is 106 Å². The number of carbonyl (C=O) groups is 1. The highest BCUT2D eigenvalue weighted by atomic mass is 16.5. The number of aromatic nitrogens is 2. The van der Waals surface area contributed by atoms with Gasteiger partial charge in [0.15, 0.2) is 6.29 Å². The predicted octanol–water partition coefficient (Wildman–Crippen LogP) is 2.26. The highest BCUT2D eigenvalue weighted by Gasteiger charge is 2.17. The van der Waals surface area contributed by atoms with Gasteiger partial charge in [-0.2, -0.15) is 0 Å². The van der Waals surface area contributed by atoms with Crippen LogP contribution in [0, 0.1) is 0 Å². The Bertz CT molecular complexity index is 556. The molecule has 2 aromatic rings. The molecule has 1 aliphatic rings. The van der Waals surface area contributed by atoms with Crippen molar-refractivity contribution >= 4 is 11.8 Å². The average Bonchev–Trinajstić information content (AvgIpc) is 2.83. The Kier molecular flexibility index (Phi) is 3.11. The van der Waals surface area contributed by atoms with E-state index in [1.165, 1.54) is 6.42 Å². The molecule has 0 amide bonds. The van der Waals surface area contributed by atoms with Gasteiger partial charge in [0.05, 0.1) is 17.8 Å². The molecule has 3 heterocycles. The largest absolute Gasteiger partial charge is 0.378 e. The van der Waals surface area contributed by atoms with Crippen molar-refractivity contribution in [1.82, 2.24) is 9.38 Å². The Morgan fingerprint density at radius 1 is 1.50 bits per heavy atom. The molecular weight excluding hydrogens is 228 g/mol. The summed E-state index contributed by atoms with van der Waals surface area (Å²) < 4.78 is 7.72. The van der Waals surface area contributed by atoms with Gasteiger partial charge in [-0.1, -0.05) is 0 Å². The van der Waals surface area contributed by atoms with E-state index in [1.807, 2.05) is 22.7 Å². The normalized spacial score (nSPS) is 20.1. The number of ether oxygens (including phenoxy) is 1. The number of aldehydes is 1. The number of fused-ring (bicyclic) bond motifs is 1. The standard InChI is InChI=1S/C14H16N2O2/c17-10-11-4-3-6-16-13(11)9-15-14(16)8-12-5-1-2-7-18-12/h3-4,6,9-10,12H,1-2,5,7-8H2. The van der Waals surface area contributed by atoms with E-state index in [0.717, 1.165) is 43.5 Å². The first-order valence-electron chi connectivity index (χ1n) is 6.40. The lowest BCUT2D eigenvalue weighted by molar-refractivity contribution is 0.0156. The summed E-state index contributed by atoms with van der Waals surface area (Å²) in [5, 5.41) is 0. The fourth-order valence-corrected chi connectivity index (χ4v) is 2.52. The first-order chi connectivity index (χ1) is 8.88. The molecule has 1 aliphatic heterocycles. The van der Waals surface area contributed by atoms with E-state index in [4.69, 9.17) is 4.74 Å². The van der Waals surface area contributed by atoms with E-state index >= 15 is 0 Å². The zero-order valence-electron chi connectivity index (χ0n) is 10.2. The molecule has 0 aliphatic carbocycles. The summed E-state index contributed by atoms with van der Waals surface area (Å²) >= 11 is 0. The second-order valence-electron chi connectivity index (χ2n) is 4.70. The minimum atomic E-state index is 0.268. The summed E-state index contributed by atoms with van der Waals surface area (Å²) in [5.41, 5.74) is 1.55. The van der Waals surface area contributed by atoms with Crippen LogP contribution < -0.4 is 0 Å². The number of imidazole rings is 1. The first kappa shape index (κ1) is 11.4. The van der Waals surface area contributed by atoms with Crippen LogP contribution in [-0.2, 0) is 11.2 Å². The number of hydrogen-bond donors (Lipinski definition) is 0. The van der Waals surface area contributed by atoms with Crippen molar-refractivity contribution in [2.75, 3.05) is 6.61 Å². The number of nitrogens with zero attached hydrogens (tertiary/aromatic N) is 2. The number of hydrogen-bond acceptors (Lipinski definition) is 3. The molecular formula is C14H16N2O2. The number of rotatable bonds is 3. The van der Waals surface area contributed by atoms with E-state index in [9.17, 15) is 4.79 Å². The molecule has 0 bridgehead atoms. The fraction of sp³-hybridized carbons (Fsp3) is 0.429. The molecule has 1 fully saturated rings. The van der Waals surface area contributed by atoms with E-state index in [1.54, 1.807) is 6.20 Å². The smallest absolute Gasteiger partial charge is 0.152 e. The van der Waals surface area contributed by atoms with Gasteiger partial charge >= 0.3 is 0 Å². The van der Waals surface area contributed by atoms with Gasteiger partial charge in [0.25, 0.3) is 0 Å². The first-order valence-corrected chi connectivity index (χ1v) is 6.40. The summed E-state index contributed by atoms with van der Waals surface area (Å²) in [5.74, 6) is 0.973. The summed E-state index contributed by atoms with van der Waals surface area (Å²) in [6, 6.07) is 3.69. The van der Waals surface area contributed by atoms with Crippen LogP contribution in [0.3, 0.4) is 0 Å². The van der Waals surface area contributed by atoms with Crippen molar-refractivity contribution in [3.05, 3.63) is 35.9 Å². The molecule has 0 saturated carbocycles. The zero-order chi connectivity index (χ0) is 12.4. The van der Waals surface area contributed by atoms with Crippen LogP contribution in [0.15, 0.2) is 24.5 Å². The van der Waals surface area contributed by atoms with Crippen LogP contribution in [0.1, 0.15) is 35.4 Å². The minimum absolute atomic E-state index is 0.268. The molecule has 18 heavy (non-hydrogen) atoms. The third-order valence-electron chi connectivity index (χ3n) is 3.49. The summed E-state index contributed by atoms with van der Waals surface area (Å²) in [4.78, 5) is 15.4. The Balaban J connectivity index is 1.90. The molecule has 94 valence electrons. The van der Waals surface area contributed by atoms with Crippen LogP contribution in [-0.4, -0.2) is 28.4 Å². The maximum absolute atomic E-state index is 11.0. The van der Waals surface area contributed by atoms with Gasteiger partial charge < -0.3 is 9.14 Å². The lowest BCUT2D eigenvalue weighted by Gasteiger charge is -2.21. The number of carbonyl (C=O) groups excluding carboxylic acids is 1. The molecule has 4 nitrogen and oxygen atoms in total. The average molecular weight is 244 g/mol. The van der Waals surface area contributed by atoms with Gasteiger partial charge in [0, 0.05) is 24.8 Å². The van der Waals surface area contributed by atoms with E-state index in [0.29, 0.717) is 5.56 Å². The molecule has 2 aromatic heterocycles. The van der Waals surface area contributed by atoms with Crippen molar-refractivity contribution in [3.63, 3.8) is 0 Å². The van der Waals surface area contributed by atoms with Crippen LogP contribution >= 0.6 is 0 Å². The zero-order valence-corrected chi connectivity index (χ0v) is 10.2. The monoisotopic (exact) mass is 244 g/mol.